The van der Waals surface area contributed by atoms with Gasteiger partial charge in [-0.25, -0.2) is 0 Å². The highest BCUT2D eigenvalue weighted by atomic mass is 32.1. The molecule has 0 heterocycles. The lowest BCUT2D eigenvalue weighted by Gasteiger charge is -2.32. The van der Waals surface area contributed by atoms with Crippen molar-refractivity contribution in [2.75, 3.05) is 20.8 Å². The van der Waals surface area contributed by atoms with Crippen LogP contribution in [0, 0.1) is 17.8 Å². The van der Waals surface area contributed by atoms with Gasteiger partial charge < -0.3 is 18.9 Å². The van der Waals surface area contributed by atoms with Crippen LogP contribution >= 0.6 is 12.6 Å². The summed E-state index contributed by atoms with van der Waals surface area (Å²) in [6.07, 6.45) is 4.79. The standard InChI is InChI=1S/C24H28O5S/c1-6-13-29-22(24(2,3)23(25)27-5)18-9-12-21(30)19(14-18)16-28-15-17-7-10-20(26-4)11-8-17/h1,7-12,14,22,30H,13,15-16H2,2-5H3. The van der Waals surface area contributed by atoms with Crippen molar-refractivity contribution in [2.45, 2.75) is 38.1 Å². The Balaban J connectivity index is 2.17. The second-order valence-corrected chi connectivity index (χ2v) is 7.82. The van der Waals surface area contributed by atoms with E-state index in [4.69, 9.17) is 25.4 Å². The molecule has 0 aliphatic carbocycles. The predicted molar refractivity (Wildman–Crippen MR) is 119 cm³/mol. The van der Waals surface area contributed by atoms with E-state index in [1.165, 1.54) is 7.11 Å². The number of carbonyl (C=O) groups excluding carboxylic acids is 1. The molecule has 0 amide bonds. The highest BCUT2D eigenvalue weighted by molar-refractivity contribution is 7.80. The average Bonchev–Trinajstić information content (AvgIpc) is 2.75. The molecule has 0 saturated heterocycles. The normalized spacial score (nSPS) is 12.1. The maximum Gasteiger partial charge on any atom is 0.314 e. The van der Waals surface area contributed by atoms with E-state index in [1.54, 1.807) is 21.0 Å². The smallest absolute Gasteiger partial charge is 0.314 e. The van der Waals surface area contributed by atoms with Gasteiger partial charge >= 0.3 is 5.97 Å². The number of hydrogen-bond donors (Lipinski definition) is 1. The van der Waals surface area contributed by atoms with Gasteiger partial charge in [0, 0.05) is 4.90 Å². The van der Waals surface area contributed by atoms with Crippen LogP contribution in [0.4, 0.5) is 0 Å². The monoisotopic (exact) mass is 428 g/mol. The molecule has 2 rings (SSSR count). The largest absolute Gasteiger partial charge is 0.497 e. The molecule has 0 bridgehead atoms. The predicted octanol–water partition coefficient (Wildman–Crippen LogP) is 4.59. The Hall–Kier alpha value is -2.46. The zero-order valence-electron chi connectivity index (χ0n) is 17.8. The molecule has 0 saturated carbocycles. The molecule has 0 fully saturated rings. The van der Waals surface area contributed by atoms with Crippen molar-refractivity contribution >= 4 is 18.6 Å². The molecule has 0 aromatic heterocycles. The molecular formula is C24H28O5S. The Bertz CT molecular complexity index is 883. The molecule has 0 spiro atoms. The summed E-state index contributed by atoms with van der Waals surface area (Å²) < 4.78 is 21.8. The molecule has 2 aromatic rings. The fraction of sp³-hybridized carbons (Fsp3) is 0.375. The molecule has 0 radical (unpaired) electrons. The van der Waals surface area contributed by atoms with Crippen LogP contribution in [0.25, 0.3) is 0 Å². The summed E-state index contributed by atoms with van der Waals surface area (Å²) in [5.41, 5.74) is 1.81. The average molecular weight is 429 g/mol. The van der Waals surface area contributed by atoms with Crippen molar-refractivity contribution in [1.82, 2.24) is 0 Å². The van der Waals surface area contributed by atoms with E-state index in [1.807, 2.05) is 42.5 Å². The fourth-order valence-corrected chi connectivity index (χ4v) is 3.31. The Morgan fingerprint density at radius 2 is 1.83 bits per heavy atom. The lowest BCUT2D eigenvalue weighted by atomic mass is 9.82. The van der Waals surface area contributed by atoms with E-state index >= 15 is 0 Å². The second-order valence-electron chi connectivity index (χ2n) is 7.34. The Labute approximate surface area is 184 Å². The van der Waals surface area contributed by atoms with E-state index in [0.717, 1.165) is 27.3 Å². The molecule has 0 N–H and O–H groups in total. The summed E-state index contributed by atoms with van der Waals surface area (Å²) in [6.45, 7) is 4.44. The highest BCUT2D eigenvalue weighted by Gasteiger charge is 2.40. The zero-order chi connectivity index (χ0) is 22.1. The lowest BCUT2D eigenvalue weighted by Crippen LogP contribution is -2.34. The number of carbonyl (C=O) groups is 1. The number of methoxy groups -OCH3 is 2. The van der Waals surface area contributed by atoms with Gasteiger partial charge in [0.25, 0.3) is 0 Å². The maximum atomic E-state index is 12.3. The van der Waals surface area contributed by atoms with E-state index in [2.05, 4.69) is 18.5 Å². The molecule has 1 atom stereocenters. The van der Waals surface area contributed by atoms with Crippen LogP contribution in [-0.2, 0) is 32.2 Å². The van der Waals surface area contributed by atoms with Gasteiger partial charge in [-0.2, -0.15) is 0 Å². The molecule has 0 aliphatic rings. The minimum absolute atomic E-state index is 0.0804. The third-order valence-electron chi connectivity index (χ3n) is 4.79. The van der Waals surface area contributed by atoms with E-state index in [-0.39, 0.29) is 12.6 Å². The minimum Gasteiger partial charge on any atom is -0.497 e. The van der Waals surface area contributed by atoms with Crippen LogP contribution in [0.2, 0.25) is 0 Å². The number of ether oxygens (including phenoxy) is 4. The lowest BCUT2D eigenvalue weighted by molar-refractivity contribution is -0.160. The second kappa shape index (κ2) is 11.1. The number of terminal acetylenes is 1. The first-order valence-corrected chi connectivity index (χ1v) is 9.94. The van der Waals surface area contributed by atoms with Crippen LogP contribution in [0.3, 0.4) is 0 Å². The Kier molecular flexibility index (Phi) is 8.79. The quantitative estimate of drug-likeness (QED) is 0.341. The Morgan fingerprint density at radius 1 is 1.13 bits per heavy atom. The number of hydrogen-bond acceptors (Lipinski definition) is 6. The van der Waals surface area contributed by atoms with Crippen LogP contribution in [0.1, 0.15) is 36.6 Å². The molecule has 5 nitrogen and oxygen atoms in total. The molecule has 2 aromatic carbocycles. The van der Waals surface area contributed by atoms with Crippen LogP contribution < -0.4 is 4.74 Å². The maximum absolute atomic E-state index is 12.3. The van der Waals surface area contributed by atoms with Gasteiger partial charge in [0.1, 0.15) is 12.4 Å². The van der Waals surface area contributed by atoms with Crippen molar-refractivity contribution in [3.8, 4) is 18.1 Å². The van der Waals surface area contributed by atoms with Gasteiger partial charge in [-0.15, -0.1) is 19.1 Å². The summed E-state index contributed by atoms with van der Waals surface area (Å²) in [6, 6.07) is 13.4. The van der Waals surface area contributed by atoms with Gasteiger partial charge in [-0.3, -0.25) is 4.79 Å². The van der Waals surface area contributed by atoms with E-state index < -0.39 is 11.5 Å². The van der Waals surface area contributed by atoms with Gasteiger partial charge in [-0.05, 0) is 54.8 Å². The van der Waals surface area contributed by atoms with Gasteiger partial charge in [0.2, 0.25) is 0 Å². The molecule has 0 aliphatic heterocycles. The number of rotatable bonds is 10. The van der Waals surface area contributed by atoms with E-state index in [0.29, 0.717) is 13.2 Å². The van der Waals surface area contributed by atoms with Gasteiger partial charge in [0.05, 0.1) is 39.0 Å². The SMILES string of the molecule is C#CCOC(c1ccc(S)c(COCc2ccc(OC)cc2)c1)C(C)(C)C(=O)OC. The fourth-order valence-electron chi connectivity index (χ4n) is 3.11. The third-order valence-corrected chi connectivity index (χ3v) is 5.23. The van der Waals surface area contributed by atoms with Crippen molar-refractivity contribution in [3.05, 3.63) is 59.2 Å². The number of esters is 1. The molecule has 1 unspecified atom stereocenters. The molecule has 6 heteroatoms. The first-order valence-electron chi connectivity index (χ1n) is 9.49. The number of thiol groups is 1. The van der Waals surface area contributed by atoms with Crippen molar-refractivity contribution in [1.29, 1.82) is 0 Å². The van der Waals surface area contributed by atoms with Crippen LogP contribution in [-0.4, -0.2) is 26.8 Å². The van der Waals surface area contributed by atoms with Crippen LogP contribution in [0.15, 0.2) is 47.4 Å². The molecular weight excluding hydrogens is 400 g/mol. The van der Waals surface area contributed by atoms with Gasteiger partial charge in [-0.1, -0.05) is 24.1 Å². The summed E-state index contributed by atoms with van der Waals surface area (Å²) in [5, 5.41) is 0. The zero-order valence-corrected chi connectivity index (χ0v) is 18.7. The minimum atomic E-state index is -0.926. The number of benzene rings is 2. The first-order chi connectivity index (χ1) is 14.3. The van der Waals surface area contributed by atoms with Crippen molar-refractivity contribution < 1.29 is 23.7 Å². The Morgan fingerprint density at radius 3 is 2.43 bits per heavy atom. The van der Waals surface area contributed by atoms with Crippen molar-refractivity contribution in [2.24, 2.45) is 5.41 Å². The summed E-state index contributed by atoms with van der Waals surface area (Å²) in [7, 11) is 2.99. The summed E-state index contributed by atoms with van der Waals surface area (Å²) >= 11 is 4.54. The third kappa shape index (κ3) is 6.02. The molecule has 30 heavy (non-hydrogen) atoms. The van der Waals surface area contributed by atoms with Crippen LogP contribution in [0.5, 0.6) is 5.75 Å². The molecule has 160 valence electrons. The highest BCUT2D eigenvalue weighted by Crippen LogP contribution is 2.38. The topological polar surface area (TPSA) is 54.0 Å². The summed E-state index contributed by atoms with van der Waals surface area (Å²) in [4.78, 5) is 13.1. The first kappa shape index (κ1) is 23.8. The van der Waals surface area contributed by atoms with Crippen molar-refractivity contribution in [3.63, 3.8) is 0 Å². The van der Waals surface area contributed by atoms with E-state index in [9.17, 15) is 4.79 Å². The summed E-state index contributed by atoms with van der Waals surface area (Å²) in [5.74, 6) is 2.88. The van der Waals surface area contributed by atoms with Gasteiger partial charge in [0.15, 0.2) is 0 Å².